The summed E-state index contributed by atoms with van der Waals surface area (Å²) in [6.07, 6.45) is -3.26. The zero-order chi connectivity index (χ0) is 20.8. The Hall–Kier alpha value is -0.863. The molecule has 1 aliphatic rings. The molecule has 154 valence electrons. The van der Waals surface area contributed by atoms with Gasteiger partial charge in [-0.05, 0) is 62.0 Å². The summed E-state index contributed by atoms with van der Waals surface area (Å²) >= 11 is 0. The summed E-state index contributed by atoms with van der Waals surface area (Å²) in [6, 6.07) is 4.00. The molecule has 1 aromatic carbocycles. The normalized spacial score (nSPS) is 23.0. The van der Waals surface area contributed by atoms with Crippen LogP contribution in [0.1, 0.15) is 46.1 Å². The molecule has 2 rings (SSSR count). The lowest BCUT2D eigenvalue weighted by molar-refractivity contribution is -0.137. The van der Waals surface area contributed by atoms with Crippen LogP contribution in [0.5, 0.6) is 0 Å². The van der Waals surface area contributed by atoms with Crippen molar-refractivity contribution in [2.24, 2.45) is 5.92 Å². The third-order valence-corrected chi connectivity index (χ3v) is 12.9. The summed E-state index contributed by atoms with van der Waals surface area (Å²) in [5, 5.41) is -0.659. The highest BCUT2D eigenvalue weighted by Gasteiger charge is 2.45. The summed E-state index contributed by atoms with van der Waals surface area (Å²) in [7, 11) is -5.74. The molecule has 27 heavy (non-hydrogen) atoms. The van der Waals surface area contributed by atoms with Gasteiger partial charge in [0.15, 0.2) is 18.2 Å². The number of benzene rings is 1. The van der Waals surface area contributed by atoms with E-state index in [0.29, 0.717) is 12.8 Å². The molecule has 3 nitrogen and oxygen atoms in total. The Morgan fingerprint density at radius 1 is 1.15 bits per heavy atom. The second-order valence-electron chi connectivity index (χ2n) is 9.01. The van der Waals surface area contributed by atoms with Crippen LogP contribution in [0.15, 0.2) is 29.2 Å². The lowest BCUT2D eigenvalue weighted by atomic mass is 9.80. The van der Waals surface area contributed by atoms with E-state index in [1.165, 1.54) is 6.07 Å². The van der Waals surface area contributed by atoms with Gasteiger partial charge in [0.25, 0.3) is 0 Å². The minimum atomic E-state index is -4.56. The van der Waals surface area contributed by atoms with Crippen molar-refractivity contribution >= 4 is 18.2 Å². The fourth-order valence-electron chi connectivity index (χ4n) is 3.00. The van der Waals surface area contributed by atoms with E-state index >= 15 is 0 Å². The molecular weight excluding hydrogens is 393 g/mol. The van der Waals surface area contributed by atoms with E-state index in [1.54, 1.807) is 6.92 Å². The largest absolute Gasteiger partial charge is 0.416 e. The molecule has 1 atom stereocenters. The van der Waals surface area contributed by atoms with Crippen LogP contribution in [-0.4, -0.2) is 28.1 Å². The van der Waals surface area contributed by atoms with Gasteiger partial charge in [-0.2, -0.15) is 13.2 Å². The van der Waals surface area contributed by atoms with Crippen molar-refractivity contribution in [2.75, 3.05) is 0 Å². The molecule has 1 aliphatic carbocycles. The molecule has 1 aromatic rings. The first-order valence-electron chi connectivity index (χ1n) is 9.14. The quantitative estimate of drug-likeness (QED) is 0.574. The lowest BCUT2D eigenvalue weighted by Crippen LogP contribution is -2.49. The molecule has 8 heteroatoms. The summed E-state index contributed by atoms with van der Waals surface area (Å²) in [5.41, 5.74) is -0.941. The average Bonchev–Trinajstić information content (AvgIpc) is 2.48. The molecule has 0 N–H and O–H groups in total. The van der Waals surface area contributed by atoms with Gasteiger partial charge in [0, 0.05) is 6.10 Å². The molecule has 0 heterocycles. The molecular formula is C19H29F3O3SSi. The number of hydrogen-bond acceptors (Lipinski definition) is 3. The van der Waals surface area contributed by atoms with Crippen LogP contribution >= 0.6 is 0 Å². The second kappa shape index (κ2) is 7.19. The second-order valence-corrected chi connectivity index (χ2v) is 16.1. The number of hydrogen-bond donors (Lipinski definition) is 0. The number of halogens is 3. The highest BCUT2D eigenvalue weighted by atomic mass is 32.2. The van der Waals surface area contributed by atoms with Gasteiger partial charge in [-0.25, -0.2) is 8.42 Å². The van der Waals surface area contributed by atoms with Crippen LogP contribution in [0, 0.1) is 5.92 Å². The van der Waals surface area contributed by atoms with Crippen LogP contribution in [0.4, 0.5) is 13.2 Å². The summed E-state index contributed by atoms with van der Waals surface area (Å²) in [4.78, 5) is -0.265. The van der Waals surface area contributed by atoms with Gasteiger partial charge < -0.3 is 4.43 Å². The maximum Gasteiger partial charge on any atom is 0.416 e. The third-order valence-electron chi connectivity index (χ3n) is 6.04. The fraction of sp³-hybridized carbons (Fsp3) is 0.684. The highest BCUT2D eigenvalue weighted by molar-refractivity contribution is 7.92. The minimum absolute atomic E-state index is 0.0371. The molecule has 0 amide bonds. The van der Waals surface area contributed by atoms with Crippen molar-refractivity contribution < 1.29 is 26.0 Å². The summed E-state index contributed by atoms with van der Waals surface area (Å²) in [6.45, 7) is 12.3. The summed E-state index contributed by atoms with van der Waals surface area (Å²) < 4.78 is 70.6. The van der Waals surface area contributed by atoms with Gasteiger partial charge in [-0.1, -0.05) is 26.8 Å². The van der Waals surface area contributed by atoms with E-state index in [0.717, 1.165) is 18.2 Å². The zero-order valence-corrected chi connectivity index (χ0v) is 18.5. The zero-order valence-electron chi connectivity index (χ0n) is 16.7. The summed E-state index contributed by atoms with van der Waals surface area (Å²) in [5.74, 6) is -0.0979. The highest BCUT2D eigenvalue weighted by Crippen LogP contribution is 2.44. The Labute approximate surface area is 161 Å². The van der Waals surface area contributed by atoms with Crippen molar-refractivity contribution in [1.29, 1.82) is 0 Å². The average molecular weight is 423 g/mol. The van der Waals surface area contributed by atoms with Crippen molar-refractivity contribution in [3.8, 4) is 0 Å². The third kappa shape index (κ3) is 4.77. The van der Waals surface area contributed by atoms with Gasteiger partial charge >= 0.3 is 6.18 Å². The molecule has 0 aromatic heterocycles. The van der Waals surface area contributed by atoms with E-state index in [1.807, 2.05) is 0 Å². The van der Waals surface area contributed by atoms with E-state index in [-0.39, 0.29) is 22.0 Å². The number of sulfone groups is 1. The fourth-order valence-corrected chi connectivity index (χ4v) is 6.09. The van der Waals surface area contributed by atoms with Gasteiger partial charge in [0.1, 0.15) is 0 Å². The molecule has 1 unspecified atom stereocenters. The first-order valence-corrected chi connectivity index (χ1v) is 13.6. The molecule has 1 saturated carbocycles. The molecule has 0 bridgehead atoms. The van der Waals surface area contributed by atoms with Gasteiger partial charge in [-0.3, -0.25) is 0 Å². The van der Waals surface area contributed by atoms with Crippen molar-refractivity contribution in [3.05, 3.63) is 29.8 Å². The Morgan fingerprint density at radius 3 is 2.19 bits per heavy atom. The molecule has 0 aliphatic heterocycles. The maximum absolute atomic E-state index is 12.9. The number of rotatable bonds is 5. The van der Waals surface area contributed by atoms with E-state index in [2.05, 4.69) is 33.9 Å². The Kier molecular flexibility index (Phi) is 5.97. The Morgan fingerprint density at radius 2 is 1.70 bits per heavy atom. The standard InChI is InChI=1S/C19H29F3O3SSi/c1-13(14-10-16(11-14)25-27(5,6)18(2,3)4)26(23,24)17-9-7-8-15(12-17)19(20,21)22/h7-9,12-14,16H,10-11H2,1-6H3. The van der Waals surface area contributed by atoms with Gasteiger partial charge in [0.05, 0.1) is 15.7 Å². The lowest BCUT2D eigenvalue weighted by Gasteiger charge is -2.46. The SMILES string of the molecule is CC(C1CC(O[Si](C)(C)C(C)(C)C)C1)S(=O)(=O)c1cccc(C(F)(F)F)c1. The first kappa shape index (κ1) is 22.4. The number of alkyl halides is 3. The molecule has 0 spiro atoms. The van der Waals surface area contributed by atoms with Crippen LogP contribution in [0.2, 0.25) is 18.1 Å². The monoisotopic (exact) mass is 422 g/mol. The maximum atomic E-state index is 12.9. The van der Waals surface area contributed by atoms with Crippen LogP contribution < -0.4 is 0 Å². The molecule has 1 fully saturated rings. The molecule has 0 saturated heterocycles. The Balaban J connectivity index is 2.08. The van der Waals surface area contributed by atoms with Gasteiger partial charge in [0.2, 0.25) is 0 Å². The van der Waals surface area contributed by atoms with Crippen LogP contribution in [0.3, 0.4) is 0 Å². The van der Waals surface area contributed by atoms with Gasteiger partial charge in [-0.15, -0.1) is 0 Å². The van der Waals surface area contributed by atoms with E-state index < -0.39 is 35.1 Å². The van der Waals surface area contributed by atoms with E-state index in [9.17, 15) is 21.6 Å². The minimum Gasteiger partial charge on any atom is -0.414 e. The smallest absolute Gasteiger partial charge is 0.414 e. The van der Waals surface area contributed by atoms with Crippen molar-refractivity contribution in [1.82, 2.24) is 0 Å². The predicted octanol–water partition coefficient (Wildman–Crippen LogP) is 5.67. The van der Waals surface area contributed by atoms with Crippen LogP contribution in [0.25, 0.3) is 0 Å². The topological polar surface area (TPSA) is 43.4 Å². The van der Waals surface area contributed by atoms with Crippen LogP contribution in [-0.2, 0) is 20.4 Å². The Bertz CT molecular complexity index is 776. The van der Waals surface area contributed by atoms with E-state index in [4.69, 9.17) is 4.43 Å². The van der Waals surface area contributed by atoms with Crippen molar-refractivity contribution in [3.63, 3.8) is 0 Å². The van der Waals surface area contributed by atoms with Crippen molar-refractivity contribution in [2.45, 2.75) is 81.1 Å². The predicted molar refractivity (Wildman–Crippen MR) is 103 cm³/mol. The first-order chi connectivity index (χ1) is 12.1. The molecule has 0 radical (unpaired) electrons.